The number of nitrogens with two attached hydrogens (primary N) is 1. The molecule has 1 unspecified atom stereocenters. The zero-order chi connectivity index (χ0) is 14.8. The van der Waals surface area contributed by atoms with Crippen LogP contribution in [0.15, 0.2) is 18.2 Å². The highest BCUT2D eigenvalue weighted by Gasteiger charge is 2.35. The molecule has 5 heteroatoms. The number of ether oxygens (including phenoxy) is 2. The first-order valence-electron chi connectivity index (χ1n) is 6.74. The lowest BCUT2D eigenvalue weighted by Gasteiger charge is -2.22. The predicted molar refractivity (Wildman–Crippen MR) is 77.2 cm³/mol. The van der Waals surface area contributed by atoms with Crippen molar-refractivity contribution in [3.63, 3.8) is 0 Å². The van der Waals surface area contributed by atoms with Gasteiger partial charge in [0.1, 0.15) is 0 Å². The monoisotopic (exact) mass is 278 g/mol. The zero-order valence-corrected chi connectivity index (χ0v) is 12.3. The van der Waals surface area contributed by atoms with Crippen LogP contribution < -0.4 is 15.2 Å². The van der Waals surface area contributed by atoms with Gasteiger partial charge in [0.2, 0.25) is 0 Å². The van der Waals surface area contributed by atoms with Crippen molar-refractivity contribution in [3.8, 4) is 11.5 Å². The molecule has 1 aliphatic heterocycles. The molecule has 0 aromatic heterocycles. The van der Waals surface area contributed by atoms with Crippen LogP contribution in [0.2, 0.25) is 0 Å². The van der Waals surface area contributed by atoms with Gasteiger partial charge in [-0.1, -0.05) is 6.92 Å². The van der Waals surface area contributed by atoms with Crippen LogP contribution in [0.5, 0.6) is 11.5 Å². The van der Waals surface area contributed by atoms with Crippen LogP contribution in [0.4, 0.5) is 0 Å². The van der Waals surface area contributed by atoms with Crippen LogP contribution in [0, 0.1) is 5.41 Å². The maximum Gasteiger partial charge on any atom is 0.254 e. The molecule has 110 valence electrons. The van der Waals surface area contributed by atoms with Crippen molar-refractivity contribution >= 4 is 5.91 Å². The van der Waals surface area contributed by atoms with E-state index in [1.807, 2.05) is 4.90 Å². The van der Waals surface area contributed by atoms with Gasteiger partial charge in [-0.05, 0) is 36.6 Å². The number of amides is 1. The van der Waals surface area contributed by atoms with Gasteiger partial charge in [-0.25, -0.2) is 0 Å². The Balaban J connectivity index is 2.18. The highest BCUT2D eigenvalue weighted by Crippen LogP contribution is 2.32. The average Bonchev–Trinajstić information content (AvgIpc) is 2.89. The fourth-order valence-electron chi connectivity index (χ4n) is 2.52. The summed E-state index contributed by atoms with van der Waals surface area (Å²) in [5, 5.41) is 0. The van der Waals surface area contributed by atoms with Crippen molar-refractivity contribution < 1.29 is 14.3 Å². The lowest BCUT2D eigenvalue weighted by Crippen LogP contribution is -2.34. The van der Waals surface area contributed by atoms with Gasteiger partial charge >= 0.3 is 0 Å². The van der Waals surface area contributed by atoms with Crippen molar-refractivity contribution in [2.75, 3.05) is 33.9 Å². The van der Waals surface area contributed by atoms with E-state index in [9.17, 15) is 4.79 Å². The number of methoxy groups -OCH3 is 2. The van der Waals surface area contributed by atoms with E-state index in [2.05, 4.69) is 6.92 Å². The van der Waals surface area contributed by atoms with Crippen LogP contribution >= 0.6 is 0 Å². The third-order valence-electron chi connectivity index (χ3n) is 3.97. The lowest BCUT2D eigenvalue weighted by molar-refractivity contribution is 0.0776. The third kappa shape index (κ3) is 2.72. The minimum absolute atomic E-state index is 0.0168. The van der Waals surface area contributed by atoms with Crippen molar-refractivity contribution in [3.05, 3.63) is 23.8 Å². The fraction of sp³-hybridized carbons (Fsp3) is 0.533. The van der Waals surface area contributed by atoms with Gasteiger partial charge in [0.05, 0.1) is 14.2 Å². The van der Waals surface area contributed by atoms with Crippen LogP contribution in [0.1, 0.15) is 23.7 Å². The first-order chi connectivity index (χ1) is 9.53. The molecule has 1 heterocycles. The summed E-state index contributed by atoms with van der Waals surface area (Å²) in [7, 11) is 3.14. The van der Waals surface area contributed by atoms with E-state index in [-0.39, 0.29) is 11.3 Å². The number of carbonyl (C=O) groups excluding carboxylic acids is 1. The number of benzene rings is 1. The summed E-state index contributed by atoms with van der Waals surface area (Å²) in [6.45, 7) is 4.18. The molecule has 1 fully saturated rings. The highest BCUT2D eigenvalue weighted by molar-refractivity contribution is 5.95. The quantitative estimate of drug-likeness (QED) is 0.907. The van der Waals surface area contributed by atoms with Crippen LogP contribution in [0.3, 0.4) is 0 Å². The second-order valence-corrected chi connectivity index (χ2v) is 5.56. The van der Waals surface area contributed by atoms with Crippen molar-refractivity contribution in [1.82, 2.24) is 4.90 Å². The molecular weight excluding hydrogens is 256 g/mol. The lowest BCUT2D eigenvalue weighted by atomic mass is 9.90. The van der Waals surface area contributed by atoms with Crippen molar-refractivity contribution in [2.45, 2.75) is 13.3 Å². The topological polar surface area (TPSA) is 64.8 Å². The number of hydrogen-bond acceptors (Lipinski definition) is 4. The number of likely N-dealkylation sites (tertiary alicyclic amines) is 1. The van der Waals surface area contributed by atoms with E-state index >= 15 is 0 Å². The fourth-order valence-corrected chi connectivity index (χ4v) is 2.52. The van der Waals surface area contributed by atoms with E-state index in [1.54, 1.807) is 32.4 Å². The number of nitrogens with zero attached hydrogens (tertiary/aromatic N) is 1. The number of carbonyl (C=O) groups is 1. The Hall–Kier alpha value is -1.75. The minimum Gasteiger partial charge on any atom is -0.493 e. The van der Waals surface area contributed by atoms with Gasteiger partial charge in [0, 0.05) is 18.7 Å². The van der Waals surface area contributed by atoms with E-state index in [0.29, 0.717) is 30.2 Å². The van der Waals surface area contributed by atoms with Crippen molar-refractivity contribution in [1.29, 1.82) is 0 Å². The molecule has 0 aliphatic carbocycles. The van der Waals surface area contributed by atoms with Gasteiger partial charge in [-0.3, -0.25) is 4.79 Å². The molecule has 1 amide bonds. The average molecular weight is 278 g/mol. The first-order valence-corrected chi connectivity index (χ1v) is 6.74. The summed E-state index contributed by atoms with van der Waals surface area (Å²) in [5.74, 6) is 1.21. The molecule has 0 radical (unpaired) electrons. The highest BCUT2D eigenvalue weighted by atomic mass is 16.5. The maximum absolute atomic E-state index is 12.5. The third-order valence-corrected chi connectivity index (χ3v) is 3.97. The molecule has 20 heavy (non-hydrogen) atoms. The molecule has 2 N–H and O–H groups in total. The van der Waals surface area contributed by atoms with E-state index in [4.69, 9.17) is 15.2 Å². The standard InChI is InChI=1S/C15H22N2O3/c1-15(9-16)6-7-17(10-15)14(18)11-4-5-12(19-2)13(8-11)20-3/h4-5,8H,6-7,9-10,16H2,1-3H3. The van der Waals surface area contributed by atoms with E-state index < -0.39 is 0 Å². The molecule has 0 spiro atoms. The SMILES string of the molecule is COc1ccc(C(=O)N2CCC(C)(CN)C2)cc1OC. The molecule has 0 bridgehead atoms. The summed E-state index contributed by atoms with van der Waals surface area (Å²) in [5.41, 5.74) is 6.43. The van der Waals surface area contributed by atoms with E-state index in [0.717, 1.165) is 13.0 Å². The summed E-state index contributed by atoms with van der Waals surface area (Å²) >= 11 is 0. The van der Waals surface area contributed by atoms with Gasteiger partial charge < -0.3 is 20.1 Å². The summed E-state index contributed by atoms with van der Waals surface area (Å²) in [6.07, 6.45) is 0.947. The molecule has 2 rings (SSSR count). The second kappa shape index (κ2) is 5.71. The molecule has 5 nitrogen and oxygen atoms in total. The van der Waals surface area contributed by atoms with Crippen molar-refractivity contribution in [2.24, 2.45) is 11.1 Å². The van der Waals surface area contributed by atoms with E-state index in [1.165, 1.54) is 0 Å². The second-order valence-electron chi connectivity index (χ2n) is 5.56. The molecule has 1 aromatic carbocycles. The summed E-state index contributed by atoms with van der Waals surface area (Å²) < 4.78 is 10.4. The number of rotatable bonds is 4. The van der Waals surface area contributed by atoms with Crippen LogP contribution in [0.25, 0.3) is 0 Å². The number of hydrogen-bond donors (Lipinski definition) is 1. The molecule has 0 saturated carbocycles. The summed E-state index contributed by atoms with van der Waals surface area (Å²) in [6, 6.07) is 5.24. The Kier molecular flexibility index (Phi) is 4.18. The Morgan fingerprint density at radius 3 is 2.60 bits per heavy atom. The summed E-state index contributed by atoms with van der Waals surface area (Å²) in [4.78, 5) is 14.4. The van der Waals surface area contributed by atoms with Crippen LogP contribution in [-0.2, 0) is 0 Å². The first kappa shape index (κ1) is 14.7. The van der Waals surface area contributed by atoms with Gasteiger partial charge in [-0.2, -0.15) is 0 Å². The molecule has 1 atom stereocenters. The van der Waals surface area contributed by atoms with Crippen LogP contribution in [-0.4, -0.2) is 44.7 Å². The largest absolute Gasteiger partial charge is 0.493 e. The Bertz CT molecular complexity index is 504. The predicted octanol–water partition coefficient (Wildman–Crippen LogP) is 1.51. The Morgan fingerprint density at radius 2 is 2.05 bits per heavy atom. The Labute approximate surface area is 119 Å². The molecule has 1 aliphatic rings. The maximum atomic E-state index is 12.5. The smallest absolute Gasteiger partial charge is 0.254 e. The molecule has 1 aromatic rings. The normalized spacial score (nSPS) is 21.9. The molecular formula is C15H22N2O3. The van der Waals surface area contributed by atoms with Gasteiger partial charge in [0.25, 0.3) is 5.91 Å². The zero-order valence-electron chi connectivity index (χ0n) is 12.3. The minimum atomic E-state index is 0.0168. The van der Waals surface area contributed by atoms with Gasteiger partial charge in [0.15, 0.2) is 11.5 Å². The Morgan fingerprint density at radius 1 is 1.35 bits per heavy atom. The molecule has 1 saturated heterocycles. The van der Waals surface area contributed by atoms with Gasteiger partial charge in [-0.15, -0.1) is 0 Å².